The number of hydrogen-bond donors (Lipinski definition) is 0. The molecule has 0 fully saturated rings. The third kappa shape index (κ3) is 5.59. The molecule has 0 amide bonds. The standard InChI is InChI=1S/C12H16O2.C11H12O4.CO2/c1-5-9-7-10(6-2)11(8(9)3)12(13)14-4;1-14-10(12)8-6-3-4-7(5-6)9(8)11(13)15-2;2-1-3/h5-6,9-10H,1-2,7H2,3-4H3;3-4,6-7H,5H2,1-2H3;/t9-,10+;;/m1../s1. The molecule has 3 rings (SSSR count). The van der Waals surface area contributed by atoms with Crippen LogP contribution in [0.15, 0.2) is 59.8 Å². The number of carbonyl (C=O) groups is 3. The van der Waals surface area contributed by atoms with Gasteiger partial charge in [0.15, 0.2) is 0 Å². The van der Waals surface area contributed by atoms with E-state index >= 15 is 0 Å². The lowest BCUT2D eigenvalue weighted by atomic mass is 9.97. The van der Waals surface area contributed by atoms with Crippen LogP contribution < -0.4 is 0 Å². The molecule has 172 valence electrons. The van der Waals surface area contributed by atoms with Gasteiger partial charge in [0.05, 0.1) is 32.5 Å². The molecular formula is C24H28O8. The Bertz CT molecular complexity index is 865. The molecule has 0 aromatic heterocycles. The number of esters is 3. The molecule has 0 spiro atoms. The van der Waals surface area contributed by atoms with Gasteiger partial charge < -0.3 is 14.2 Å². The van der Waals surface area contributed by atoms with Crippen LogP contribution >= 0.6 is 0 Å². The Labute approximate surface area is 187 Å². The lowest BCUT2D eigenvalue weighted by molar-refractivity contribution is -0.191. The number of rotatable bonds is 5. The minimum absolute atomic E-state index is 0.0246. The Morgan fingerprint density at radius 2 is 1.19 bits per heavy atom. The fraction of sp³-hybridized carbons (Fsp3) is 0.417. The molecule has 2 bridgehead atoms. The molecule has 0 saturated heterocycles. The van der Waals surface area contributed by atoms with Gasteiger partial charge in [-0.3, -0.25) is 0 Å². The van der Waals surface area contributed by atoms with Crippen molar-refractivity contribution in [3.63, 3.8) is 0 Å². The average Bonchev–Trinajstić information content (AvgIpc) is 3.51. The first-order valence-corrected chi connectivity index (χ1v) is 9.88. The Balaban J connectivity index is 0.000000286. The second-order valence-electron chi connectivity index (χ2n) is 7.24. The minimum atomic E-state index is -0.424. The lowest BCUT2D eigenvalue weighted by Gasteiger charge is -2.12. The Kier molecular flexibility index (Phi) is 10.3. The van der Waals surface area contributed by atoms with E-state index in [9.17, 15) is 14.4 Å². The first-order valence-electron chi connectivity index (χ1n) is 9.88. The van der Waals surface area contributed by atoms with Crippen LogP contribution in [0.25, 0.3) is 0 Å². The molecule has 0 heterocycles. The Morgan fingerprint density at radius 1 is 0.812 bits per heavy atom. The zero-order valence-electron chi connectivity index (χ0n) is 18.7. The van der Waals surface area contributed by atoms with Gasteiger partial charge in [-0.05, 0) is 25.7 Å². The van der Waals surface area contributed by atoms with Crippen molar-refractivity contribution in [1.29, 1.82) is 0 Å². The summed E-state index contributed by atoms with van der Waals surface area (Å²) in [5.74, 6) is -0.637. The van der Waals surface area contributed by atoms with E-state index in [1.54, 1.807) is 6.08 Å². The predicted molar refractivity (Wildman–Crippen MR) is 114 cm³/mol. The van der Waals surface area contributed by atoms with Gasteiger partial charge in [0.2, 0.25) is 0 Å². The van der Waals surface area contributed by atoms with Crippen molar-refractivity contribution in [1.82, 2.24) is 0 Å². The van der Waals surface area contributed by atoms with E-state index in [-0.39, 0.29) is 35.8 Å². The van der Waals surface area contributed by atoms with Gasteiger partial charge in [-0.15, -0.1) is 13.2 Å². The van der Waals surface area contributed by atoms with Gasteiger partial charge in [0.1, 0.15) is 0 Å². The third-order valence-electron chi connectivity index (χ3n) is 5.76. The highest BCUT2D eigenvalue weighted by Gasteiger charge is 2.42. The maximum absolute atomic E-state index is 11.5. The summed E-state index contributed by atoms with van der Waals surface area (Å²) in [6, 6.07) is 0. The number of hydrogen-bond acceptors (Lipinski definition) is 8. The van der Waals surface area contributed by atoms with E-state index in [4.69, 9.17) is 14.3 Å². The smallest absolute Gasteiger partial charge is 0.373 e. The Hall–Kier alpha value is -3.51. The summed E-state index contributed by atoms with van der Waals surface area (Å²) in [7, 11) is 4.05. The summed E-state index contributed by atoms with van der Waals surface area (Å²) in [5.41, 5.74) is 2.76. The summed E-state index contributed by atoms with van der Waals surface area (Å²) in [5, 5.41) is 0. The molecule has 0 radical (unpaired) electrons. The molecule has 2 unspecified atom stereocenters. The van der Waals surface area contributed by atoms with Crippen molar-refractivity contribution < 1.29 is 38.2 Å². The first-order chi connectivity index (χ1) is 15.2. The lowest BCUT2D eigenvalue weighted by Crippen LogP contribution is -2.17. The number of fused-ring (bicyclic) bond motifs is 2. The molecule has 8 nitrogen and oxygen atoms in total. The van der Waals surface area contributed by atoms with Crippen LogP contribution in [0.1, 0.15) is 19.8 Å². The molecule has 4 atom stereocenters. The average molecular weight is 444 g/mol. The second-order valence-corrected chi connectivity index (χ2v) is 7.24. The molecule has 0 aliphatic heterocycles. The van der Waals surface area contributed by atoms with Crippen molar-refractivity contribution in [3.05, 3.63) is 59.8 Å². The number of methoxy groups -OCH3 is 3. The van der Waals surface area contributed by atoms with Crippen molar-refractivity contribution in [2.24, 2.45) is 23.7 Å². The van der Waals surface area contributed by atoms with Gasteiger partial charge in [0.25, 0.3) is 0 Å². The van der Waals surface area contributed by atoms with Gasteiger partial charge in [-0.25, -0.2) is 14.4 Å². The predicted octanol–water partition coefficient (Wildman–Crippen LogP) is 2.74. The maximum atomic E-state index is 11.5. The molecule has 8 heteroatoms. The van der Waals surface area contributed by atoms with Crippen LogP contribution in [0.4, 0.5) is 0 Å². The molecule has 0 aromatic carbocycles. The SMILES string of the molecule is C=C[C@@H]1C[C@H](C=C)C(C(=O)OC)=C1C.COC(=O)C1=C(C(=O)OC)C2C=CC1C2.O=C=O. The molecule has 0 N–H and O–H groups in total. The molecular weight excluding hydrogens is 416 g/mol. The van der Waals surface area contributed by atoms with E-state index in [0.717, 1.165) is 24.0 Å². The van der Waals surface area contributed by atoms with E-state index in [1.165, 1.54) is 21.3 Å². The summed E-state index contributed by atoms with van der Waals surface area (Å²) >= 11 is 0. The Morgan fingerprint density at radius 3 is 1.53 bits per heavy atom. The number of allylic oxidation sites excluding steroid dienone is 5. The third-order valence-corrected chi connectivity index (χ3v) is 5.76. The fourth-order valence-corrected chi connectivity index (χ4v) is 4.24. The first kappa shape index (κ1) is 26.5. The van der Waals surface area contributed by atoms with Gasteiger partial charge in [-0.1, -0.05) is 29.9 Å². The van der Waals surface area contributed by atoms with E-state index in [1.807, 2.05) is 25.2 Å². The van der Waals surface area contributed by atoms with Crippen LogP contribution in [0.3, 0.4) is 0 Å². The van der Waals surface area contributed by atoms with Gasteiger partial charge in [0, 0.05) is 23.3 Å². The number of carbonyl (C=O) groups excluding carboxylic acids is 5. The molecule has 0 saturated carbocycles. The minimum Gasteiger partial charge on any atom is -0.466 e. The van der Waals surface area contributed by atoms with Crippen molar-refractivity contribution in [3.8, 4) is 0 Å². The zero-order chi connectivity index (χ0) is 24.4. The molecule has 3 aliphatic carbocycles. The summed E-state index contributed by atoms with van der Waals surface area (Å²) in [4.78, 5) is 50.8. The van der Waals surface area contributed by atoms with E-state index in [2.05, 4.69) is 22.6 Å². The van der Waals surface area contributed by atoms with Crippen LogP contribution in [-0.4, -0.2) is 45.4 Å². The zero-order valence-corrected chi connectivity index (χ0v) is 18.7. The highest BCUT2D eigenvalue weighted by atomic mass is 16.5. The largest absolute Gasteiger partial charge is 0.466 e. The monoisotopic (exact) mass is 444 g/mol. The van der Waals surface area contributed by atoms with Crippen LogP contribution in [0.2, 0.25) is 0 Å². The number of ether oxygens (including phenoxy) is 3. The quantitative estimate of drug-likeness (QED) is 0.361. The van der Waals surface area contributed by atoms with Crippen molar-refractivity contribution in [2.75, 3.05) is 21.3 Å². The summed E-state index contributed by atoms with van der Waals surface area (Å²) < 4.78 is 14.1. The maximum Gasteiger partial charge on any atom is 0.373 e. The molecule has 0 aromatic rings. The van der Waals surface area contributed by atoms with E-state index in [0.29, 0.717) is 11.1 Å². The van der Waals surface area contributed by atoms with Gasteiger partial charge in [-0.2, -0.15) is 9.59 Å². The van der Waals surface area contributed by atoms with Crippen molar-refractivity contribution in [2.45, 2.75) is 19.8 Å². The van der Waals surface area contributed by atoms with Crippen molar-refractivity contribution >= 4 is 24.1 Å². The molecule has 3 aliphatic rings. The normalized spacial score (nSPS) is 24.4. The highest BCUT2D eigenvalue weighted by molar-refractivity contribution is 6.03. The fourth-order valence-electron chi connectivity index (χ4n) is 4.24. The van der Waals surface area contributed by atoms with Crippen LogP contribution in [0, 0.1) is 23.7 Å². The second kappa shape index (κ2) is 12.4. The molecule has 32 heavy (non-hydrogen) atoms. The van der Waals surface area contributed by atoms with E-state index < -0.39 is 11.9 Å². The van der Waals surface area contributed by atoms with Crippen LogP contribution in [0.5, 0.6) is 0 Å². The van der Waals surface area contributed by atoms with Gasteiger partial charge >= 0.3 is 24.1 Å². The summed E-state index contributed by atoms with van der Waals surface area (Å²) in [6.45, 7) is 9.46. The topological polar surface area (TPSA) is 113 Å². The summed E-state index contributed by atoms with van der Waals surface area (Å²) in [6.07, 6.45) is 9.51. The highest BCUT2D eigenvalue weighted by Crippen LogP contribution is 2.44. The van der Waals surface area contributed by atoms with Crippen LogP contribution in [-0.2, 0) is 38.2 Å².